The van der Waals surface area contributed by atoms with Gasteiger partial charge in [0, 0.05) is 12.8 Å². The number of aliphatic hydroxyl groups is 11. The minimum atomic E-state index is -5.23. The number of nitrogens with zero attached hydrogens (tertiary/aromatic N) is 5. The molecule has 15 aliphatic heterocycles. The standard InChI is InChI=1S/C19H18F6N6O5.C19H24N6O5.C18H22N6O5.C16H24N6O5.C10H16N6O4/c1-6(32)11-12-16(30-14(26)29-12)17(34,35)10(5-31(16)15(27)28-11)36-13(33)8-4-7(18(20,21)22)2-3-9(8)19(23,24)25;1-10(26)7-8-12-14-18(24-16(20)23-14)19(28,29)13(9-25(18)17(21)22-12)30-15(27)11-5-3-2-4-6-11;1-9(25)7-11-13-17(23-15(19)22-13)18(27,28)12(8-24(17)16(20)21-11)29-14(26)10-5-3-2-4-6-10;1-7(23)9-10-15(21-12(17)20-10)16(25,26)8(6-22(15)13(18)19-9)27-11(24)14(2)4-3-5-14;1-3(17)5-6-9(15-7(11)14-6)10(19,20)4(18)2-16(9)8(12)13-5/h2-4,10-12,34-35H,5H2,1H3,(H5,26,27,28,29,30);2-6,12-14,28-29H,7-9H2,1H3,(H5,20,21,22,23,24);2-6,11-13,27-28H,7-8H2,1H3,(H5,19,20,21,22,23);8-10,25-26H,3-6H2,1-2H3,(H5,17,18,19,20,21);4-6,18-20H,2H2,1H3,(H5,11,12,13,14,15)/p+10/t10-,11?,12-,16-;12?,13-,14-,18-;11?,12-,13-,17-;8-,9?,10-,15-;4-,5?,6-,9-/m00000/s1. The fourth-order valence-corrected chi connectivity index (χ4v) is 21.6. The van der Waals surface area contributed by atoms with E-state index in [9.17, 15) is 126 Å². The van der Waals surface area contributed by atoms with Gasteiger partial charge in [-0.1, -0.05) is 42.8 Å². The Morgan fingerprint density at radius 1 is 0.401 bits per heavy atom. The van der Waals surface area contributed by atoms with Gasteiger partial charge in [-0.3, -0.25) is 133 Å². The molecule has 6 fully saturated rings. The molecule has 20 atom stereocenters. The minimum Gasteiger partial charge on any atom is -0.452 e. The highest BCUT2D eigenvalue weighted by Crippen LogP contribution is 2.48. The zero-order chi connectivity index (χ0) is 104. The van der Waals surface area contributed by atoms with Crippen molar-refractivity contribution in [3.63, 3.8) is 0 Å². The fourth-order valence-electron chi connectivity index (χ4n) is 21.6. The number of alkyl halides is 6. The number of esters is 4. The fraction of sp³-hybridized carbons (Fsp3) is 0.549. The number of ketones is 5. The summed E-state index contributed by atoms with van der Waals surface area (Å²) in [5.74, 6) is -18.1. The SMILES string of the molecule is CC(=O)C1NC(N)=[N+]2C[C@H](O)C(O)(O)[C@@]23NC(N)=[NH+][C@@H]13.CC(=O)C1NC(N)=[N+]2C[C@H](OC(=O)C3(C)CCC3)C(O)(O)[C@@]23NC(N)=[NH+][C@@H]13.CC(=O)C1NC(N)=[N+]2C[C@H](OC(=O)c3cc(C(F)(F)F)ccc3C(F)(F)F)C(O)(O)[C@@]23NC(N)=[NH+][C@@H]13.CC(=O)CC1NC(N)=[N+]2C[C@H](OC(=O)c3ccccc3)C(O)(O)[C@@]23NC(N)=[NH+][C@@H]13.CC(=O)CCC1NC(N)=[N+]2C[C@H](OC(=O)c3ccccc3)C(O)(O)[C@@]23NC(N)=[NH+][C@@H]13. The third-order valence-corrected chi connectivity index (χ3v) is 28.7. The molecular formula is C82H114F6N30O24+10. The summed E-state index contributed by atoms with van der Waals surface area (Å²) in [6.07, 6.45) is -14.7. The zero-order valence-corrected chi connectivity index (χ0v) is 76.4. The van der Waals surface area contributed by atoms with E-state index in [4.69, 9.17) is 76.3 Å². The molecule has 1 aliphatic carbocycles. The minimum absolute atomic E-state index is 0.00453. The van der Waals surface area contributed by atoms with Gasteiger partial charge in [-0.05, 0) is 103 Å². The van der Waals surface area contributed by atoms with Crippen LogP contribution in [0.1, 0.15) is 122 Å². The molecule has 142 heavy (non-hydrogen) atoms. The molecule has 1 saturated carbocycles. The van der Waals surface area contributed by atoms with Gasteiger partial charge in [-0.2, -0.15) is 26.3 Å². The average Bonchev–Trinajstić information content (AvgIpc) is 1.52. The van der Waals surface area contributed by atoms with Crippen molar-refractivity contribution in [2.24, 2.45) is 62.8 Å². The van der Waals surface area contributed by atoms with E-state index in [-0.39, 0.29) is 151 Å². The van der Waals surface area contributed by atoms with Crippen LogP contribution in [0.2, 0.25) is 0 Å². The number of nitrogens with two attached hydrogens (primary N) is 10. The van der Waals surface area contributed by atoms with Crippen LogP contribution in [0.3, 0.4) is 0 Å². The van der Waals surface area contributed by atoms with Crippen LogP contribution >= 0.6 is 0 Å². The molecule has 19 rings (SSSR count). The second-order valence-corrected chi connectivity index (χ2v) is 37.6. The summed E-state index contributed by atoms with van der Waals surface area (Å²) in [6, 6.07) is 8.53. The second-order valence-electron chi connectivity index (χ2n) is 37.6. The van der Waals surface area contributed by atoms with Crippen molar-refractivity contribution >= 4 is 112 Å². The summed E-state index contributed by atoms with van der Waals surface area (Å²) in [6.45, 7) is 7.57. The number of nitrogens with one attached hydrogen (secondary N) is 15. The lowest BCUT2D eigenvalue weighted by atomic mass is 9.70. The Bertz CT molecular complexity index is 6090. The number of hydrogen-bond donors (Lipinski definition) is 36. The number of hydrogen-bond acceptors (Lipinski definition) is 44. The predicted molar refractivity (Wildman–Crippen MR) is 463 cm³/mol. The summed E-state index contributed by atoms with van der Waals surface area (Å²) in [5.41, 5.74) is 46.0. The molecule has 5 spiro atoms. The van der Waals surface area contributed by atoms with Gasteiger partial charge in [-0.15, -0.1) is 0 Å². The second kappa shape index (κ2) is 35.2. The maximum atomic E-state index is 13.4. The van der Waals surface area contributed by atoms with E-state index >= 15 is 0 Å². The molecule has 3 aromatic carbocycles. The first-order valence-corrected chi connectivity index (χ1v) is 44.3. The number of aliphatic hydroxyl groups excluding tert-OH is 1. The average molecular weight is 2020 g/mol. The predicted octanol–water partition coefficient (Wildman–Crippen LogP) is -24.5. The Labute approximate surface area is 797 Å². The van der Waals surface area contributed by atoms with Crippen molar-refractivity contribution < 1.29 is 192 Å². The van der Waals surface area contributed by atoms with Gasteiger partial charge >= 0.3 is 118 Å². The quantitative estimate of drug-likeness (QED) is 0.0208. The van der Waals surface area contributed by atoms with E-state index in [1.807, 2.05) is 0 Å². The van der Waals surface area contributed by atoms with Crippen LogP contribution < -0.4 is 135 Å². The molecule has 16 aliphatic rings. The zero-order valence-electron chi connectivity index (χ0n) is 76.4. The van der Waals surface area contributed by atoms with Crippen molar-refractivity contribution in [2.75, 3.05) is 32.7 Å². The molecule has 0 radical (unpaired) electrons. The van der Waals surface area contributed by atoms with Gasteiger partial charge in [0.25, 0.3) is 34.6 Å². The van der Waals surface area contributed by atoms with E-state index in [1.165, 1.54) is 52.9 Å². The number of ether oxygens (including phenoxy) is 4. The molecule has 46 N–H and O–H groups in total. The first-order chi connectivity index (χ1) is 66.0. The third-order valence-electron chi connectivity index (χ3n) is 28.7. The Morgan fingerprint density at radius 3 is 1.05 bits per heavy atom. The number of carbonyl (C=O) groups excluding carboxylic acids is 9. The van der Waals surface area contributed by atoms with Crippen molar-refractivity contribution in [1.29, 1.82) is 0 Å². The van der Waals surface area contributed by atoms with Crippen molar-refractivity contribution in [1.82, 2.24) is 53.2 Å². The van der Waals surface area contributed by atoms with Crippen LogP contribution in [0.5, 0.6) is 0 Å². The van der Waals surface area contributed by atoms with Gasteiger partial charge < -0.3 is 79.9 Å². The number of benzene rings is 3. The molecule has 768 valence electrons. The van der Waals surface area contributed by atoms with Crippen LogP contribution in [0.4, 0.5) is 26.3 Å². The van der Waals surface area contributed by atoms with E-state index < -0.39 is 219 Å². The highest BCUT2D eigenvalue weighted by atomic mass is 19.4. The monoisotopic (exact) mass is 2020 g/mol. The lowest BCUT2D eigenvalue weighted by Gasteiger charge is -2.41. The van der Waals surface area contributed by atoms with Crippen LogP contribution in [-0.4, -0.2) is 372 Å². The summed E-state index contributed by atoms with van der Waals surface area (Å²) < 4.78 is 108. The van der Waals surface area contributed by atoms with Gasteiger partial charge in [-0.25, -0.2) is 63.8 Å². The molecule has 15 heterocycles. The van der Waals surface area contributed by atoms with Crippen LogP contribution in [0.25, 0.3) is 0 Å². The summed E-state index contributed by atoms with van der Waals surface area (Å²) in [7, 11) is 0. The molecule has 60 heteroatoms. The normalized spacial score (nSPS) is 33.5. The molecule has 54 nitrogen and oxygen atoms in total. The highest BCUT2D eigenvalue weighted by Gasteiger charge is 2.85. The van der Waals surface area contributed by atoms with Crippen LogP contribution in [-0.2, 0) is 60.1 Å². The van der Waals surface area contributed by atoms with Crippen molar-refractivity contribution in [3.05, 3.63) is 107 Å². The lowest BCUT2D eigenvalue weighted by Crippen LogP contribution is -2.92. The molecule has 0 bridgehead atoms. The maximum Gasteiger partial charge on any atom is 0.417 e. The molecular weight excluding hydrogens is 1900 g/mol. The number of rotatable bonds is 16. The Kier molecular flexibility index (Phi) is 25.3. The summed E-state index contributed by atoms with van der Waals surface area (Å²) in [5, 5.41) is 148. The Balaban J connectivity index is 0.000000135. The molecule has 5 unspecified atom stereocenters. The van der Waals surface area contributed by atoms with Crippen molar-refractivity contribution in [3.8, 4) is 0 Å². The Morgan fingerprint density at radius 2 is 0.718 bits per heavy atom. The number of carbonyl (C=O) groups is 9. The largest absolute Gasteiger partial charge is 0.452 e. The number of guanidine groups is 10. The van der Waals surface area contributed by atoms with Gasteiger partial charge in [0.05, 0.1) is 33.2 Å². The smallest absolute Gasteiger partial charge is 0.417 e. The first kappa shape index (κ1) is 102. The number of halogens is 6. The van der Waals surface area contributed by atoms with Crippen LogP contribution in [0, 0.1) is 5.41 Å². The molecule has 0 amide bonds. The molecule has 5 saturated heterocycles. The Hall–Kier alpha value is -14.3. The molecule has 0 aromatic heterocycles. The van der Waals surface area contributed by atoms with E-state index in [1.54, 1.807) is 67.6 Å². The first-order valence-electron chi connectivity index (χ1n) is 44.3. The topological polar surface area (TPSA) is 878 Å². The summed E-state index contributed by atoms with van der Waals surface area (Å²) in [4.78, 5) is 124. The lowest BCUT2D eigenvalue weighted by molar-refractivity contribution is -0.674. The number of Topliss-reactive ketones (excluding diaryl/α,β-unsaturated/α-hetero) is 5. The van der Waals surface area contributed by atoms with E-state index in [0.717, 1.165) is 11.0 Å². The third kappa shape index (κ3) is 16.0. The van der Waals surface area contributed by atoms with Gasteiger partial charge in [0.15, 0.2) is 90.1 Å². The van der Waals surface area contributed by atoms with E-state index in [2.05, 4.69) is 78.1 Å². The molecule has 3 aromatic rings. The van der Waals surface area contributed by atoms with Crippen LogP contribution in [0.15, 0.2) is 78.9 Å². The van der Waals surface area contributed by atoms with Crippen molar-refractivity contribution in [2.45, 2.75) is 241 Å². The van der Waals surface area contributed by atoms with Gasteiger partial charge in [0.2, 0.25) is 0 Å². The van der Waals surface area contributed by atoms with E-state index in [0.29, 0.717) is 19.3 Å². The summed E-state index contributed by atoms with van der Waals surface area (Å²) >= 11 is 0. The maximum absolute atomic E-state index is 13.4. The highest BCUT2D eigenvalue weighted by molar-refractivity contribution is 5.95. The van der Waals surface area contributed by atoms with Gasteiger partial charge in [0.1, 0.15) is 62.5 Å².